The number of benzene rings is 1. The van der Waals surface area contributed by atoms with Crippen molar-refractivity contribution in [1.29, 1.82) is 0 Å². The molecule has 0 aliphatic heterocycles. The largest absolute Gasteiger partial charge is 0.471 e. The van der Waals surface area contributed by atoms with Crippen LogP contribution in [-0.4, -0.2) is 27.3 Å². The van der Waals surface area contributed by atoms with Gasteiger partial charge in [0.15, 0.2) is 5.82 Å². The lowest BCUT2D eigenvalue weighted by atomic mass is 10.0. The third-order valence-electron chi connectivity index (χ3n) is 3.36. The number of alkyl halides is 3. The normalized spacial score (nSPS) is 11.4. The van der Waals surface area contributed by atoms with Gasteiger partial charge in [-0.15, -0.1) is 0 Å². The molecule has 2 aromatic heterocycles. The zero-order valence-electron chi connectivity index (χ0n) is 12.4. The molecule has 2 heterocycles. The van der Waals surface area contributed by atoms with Crippen LogP contribution in [0.15, 0.2) is 48.8 Å². The van der Waals surface area contributed by atoms with Crippen molar-refractivity contribution in [3.05, 3.63) is 54.6 Å². The molecule has 0 aliphatic carbocycles. The maximum Gasteiger partial charge on any atom is 0.471 e. The number of anilines is 1. The van der Waals surface area contributed by atoms with Crippen molar-refractivity contribution in [2.24, 2.45) is 0 Å². The second-order valence-electron chi connectivity index (χ2n) is 5.02. The highest BCUT2D eigenvalue weighted by Crippen LogP contribution is 2.36. The monoisotopic (exact) mass is 350 g/mol. The van der Waals surface area contributed by atoms with Crippen LogP contribution in [0.25, 0.3) is 22.4 Å². The predicted molar refractivity (Wildman–Crippen MR) is 81.9 cm³/mol. The fourth-order valence-electron chi connectivity index (χ4n) is 2.24. The number of amides is 1. The van der Waals surface area contributed by atoms with Crippen LogP contribution in [0, 0.1) is 5.82 Å². The molecule has 0 bridgehead atoms. The summed E-state index contributed by atoms with van der Waals surface area (Å²) < 4.78 is 50.7. The fourth-order valence-corrected chi connectivity index (χ4v) is 2.24. The molecule has 0 fully saturated rings. The second kappa shape index (κ2) is 6.34. The number of halogens is 4. The summed E-state index contributed by atoms with van der Waals surface area (Å²) in [5.41, 5.74) is 1.56. The maximum absolute atomic E-state index is 13.1. The van der Waals surface area contributed by atoms with Crippen molar-refractivity contribution >= 4 is 11.7 Å². The van der Waals surface area contributed by atoms with E-state index in [2.05, 4.69) is 15.2 Å². The number of rotatable bonds is 3. The molecule has 9 heteroatoms. The van der Waals surface area contributed by atoms with Crippen molar-refractivity contribution < 1.29 is 22.4 Å². The van der Waals surface area contributed by atoms with E-state index in [0.29, 0.717) is 16.8 Å². The van der Waals surface area contributed by atoms with E-state index in [1.807, 2.05) is 0 Å². The number of aromatic amines is 1. The minimum atomic E-state index is -5.05. The summed E-state index contributed by atoms with van der Waals surface area (Å²) in [6.45, 7) is 0. The minimum Gasteiger partial charge on any atom is -0.301 e. The smallest absolute Gasteiger partial charge is 0.301 e. The number of nitrogens with zero attached hydrogens (tertiary/aromatic N) is 2. The highest BCUT2D eigenvalue weighted by Gasteiger charge is 2.39. The highest BCUT2D eigenvalue weighted by molar-refractivity contribution is 6.00. The molecule has 25 heavy (non-hydrogen) atoms. The Kier molecular flexibility index (Phi) is 4.22. The molecule has 0 unspecified atom stereocenters. The lowest BCUT2D eigenvalue weighted by Gasteiger charge is -2.09. The Bertz CT molecular complexity index is 889. The van der Waals surface area contributed by atoms with Gasteiger partial charge in [-0.05, 0) is 42.0 Å². The standard InChI is InChI=1S/C16H10F4N4O/c17-11-3-1-10(2-4-11)13-12(9-5-7-21-8-6-9)14(24-23-13)22-15(25)16(18,19)20/h1-8H,(H2,22,23,24,25). The van der Waals surface area contributed by atoms with E-state index in [1.165, 1.54) is 36.7 Å². The van der Waals surface area contributed by atoms with Crippen molar-refractivity contribution in [1.82, 2.24) is 15.2 Å². The van der Waals surface area contributed by atoms with Crippen molar-refractivity contribution in [3.8, 4) is 22.4 Å². The molecule has 1 amide bonds. The first-order valence-electron chi connectivity index (χ1n) is 6.99. The summed E-state index contributed by atoms with van der Waals surface area (Å²) in [6, 6.07) is 8.43. The van der Waals surface area contributed by atoms with Crippen molar-refractivity contribution in [2.75, 3.05) is 5.32 Å². The van der Waals surface area contributed by atoms with Crippen LogP contribution in [-0.2, 0) is 4.79 Å². The number of hydrogen-bond donors (Lipinski definition) is 2. The summed E-state index contributed by atoms with van der Waals surface area (Å²) in [7, 11) is 0. The molecule has 3 rings (SSSR count). The quantitative estimate of drug-likeness (QED) is 0.706. The van der Waals surface area contributed by atoms with Gasteiger partial charge in [0.1, 0.15) is 5.82 Å². The average molecular weight is 350 g/mol. The zero-order valence-corrected chi connectivity index (χ0v) is 12.4. The first-order valence-corrected chi connectivity index (χ1v) is 6.99. The Morgan fingerprint density at radius 1 is 1.00 bits per heavy atom. The number of aromatic nitrogens is 3. The van der Waals surface area contributed by atoms with E-state index in [0.717, 1.165) is 0 Å². The maximum atomic E-state index is 13.1. The Hall–Kier alpha value is -3.23. The molecule has 128 valence electrons. The van der Waals surface area contributed by atoms with E-state index in [9.17, 15) is 22.4 Å². The summed E-state index contributed by atoms with van der Waals surface area (Å²) in [4.78, 5) is 15.1. The van der Waals surface area contributed by atoms with Crippen LogP contribution in [0.4, 0.5) is 23.4 Å². The fraction of sp³-hybridized carbons (Fsp3) is 0.0625. The number of pyridine rings is 1. The zero-order chi connectivity index (χ0) is 18.0. The molecule has 3 aromatic rings. The average Bonchev–Trinajstić information content (AvgIpc) is 2.99. The van der Waals surface area contributed by atoms with Crippen LogP contribution in [0.2, 0.25) is 0 Å². The third-order valence-corrected chi connectivity index (χ3v) is 3.36. The Labute approximate surface area is 138 Å². The van der Waals surface area contributed by atoms with Gasteiger partial charge in [-0.2, -0.15) is 18.3 Å². The van der Waals surface area contributed by atoms with Gasteiger partial charge in [-0.1, -0.05) is 0 Å². The van der Waals surface area contributed by atoms with E-state index in [-0.39, 0.29) is 11.4 Å². The minimum absolute atomic E-state index is 0.242. The molecule has 0 saturated carbocycles. The van der Waals surface area contributed by atoms with E-state index < -0.39 is 17.9 Å². The Balaban J connectivity index is 2.11. The predicted octanol–water partition coefficient (Wildman–Crippen LogP) is 3.78. The molecule has 0 atom stereocenters. The summed E-state index contributed by atoms with van der Waals surface area (Å²) in [6.07, 6.45) is -2.15. The van der Waals surface area contributed by atoms with E-state index in [4.69, 9.17) is 0 Å². The van der Waals surface area contributed by atoms with Gasteiger partial charge in [0.25, 0.3) is 0 Å². The number of nitrogens with one attached hydrogen (secondary N) is 2. The molecule has 2 N–H and O–H groups in total. The molecule has 0 saturated heterocycles. The molecule has 0 spiro atoms. The van der Waals surface area contributed by atoms with Crippen LogP contribution in [0.5, 0.6) is 0 Å². The van der Waals surface area contributed by atoms with Gasteiger partial charge in [-0.3, -0.25) is 14.9 Å². The molecule has 5 nitrogen and oxygen atoms in total. The van der Waals surface area contributed by atoms with E-state index >= 15 is 0 Å². The molecular weight excluding hydrogens is 340 g/mol. The number of carbonyl (C=O) groups excluding carboxylic acids is 1. The second-order valence-corrected chi connectivity index (χ2v) is 5.02. The third kappa shape index (κ3) is 3.49. The number of hydrogen-bond acceptors (Lipinski definition) is 3. The topological polar surface area (TPSA) is 70.7 Å². The molecular formula is C16H10F4N4O. The van der Waals surface area contributed by atoms with Gasteiger partial charge < -0.3 is 5.32 Å². The Morgan fingerprint density at radius 2 is 1.64 bits per heavy atom. The first kappa shape index (κ1) is 16.6. The van der Waals surface area contributed by atoms with Crippen LogP contribution in [0.1, 0.15) is 0 Å². The molecule has 0 aliphatic rings. The number of H-pyrrole nitrogens is 1. The lowest BCUT2D eigenvalue weighted by Crippen LogP contribution is -2.30. The molecule has 1 aromatic carbocycles. The van der Waals surface area contributed by atoms with Gasteiger partial charge in [-0.25, -0.2) is 4.39 Å². The lowest BCUT2D eigenvalue weighted by molar-refractivity contribution is -0.167. The van der Waals surface area contributed by atoms with Gasteiger partial charge in [0.05, 0.1) is 11.3 Å². The van der Waals surface area contributed by atoms with Crippen molar-refractivity contribution in [3.63, 3.8) is 0 Å². The highest BCUT2D eigenvalue weighted by atomic mass is 19.4. The van der Waals surface area contributed by atoms with Crippen LogP contribution in [0.3, 0.4) is 0 Å². The summed E-state index contributed by atoms with van der Waals surface area (Å²) in [5, 5.41) is 8.11. The molecule has 0 radical (unpaired) electrons. The van der Waals surface area contributed by atoms with Gasteiger partial charge in [0, 0.05) is 18.0 Å². The van der Waals surface area contributed by atoms with Gasteiger partial charge >= 0.3 is 12.1 Å². The van der Waals surface area contributed by atoms with Crippen LogP contribution >= 0.6 is 0 Å². The van der Waals surface area contributed by atoms with E-state index in [1.54, 1.807) is 17.4 Å². The number of carbonyl (C=O) groups is 1. The van der Waals surface area contributed by atoms with Crippen LogP contribution < -0.4 is 5.32 Å². The SMILES string of the molecule is O=C(Nc1n[nH]c(-c2ccc(F)cc2)c1-c1ccncc1)C(F)(F)F. The van der Waals surface area contributed by atoms with Gasteiger partial charge in [0.2, 0.25) is 0 Å². The Morgan fingerprint density at radius 3 is 2.24 bits per heavy atom. The summed E-state index contributed by atoms with van der Waals surface area (Å²) in [5.74, 6) is -2.88. The summed E-state index contributed by atoms with van der Waals surface area (Å²) >= 11 is 0. The van der Waals surface area contributed by atoms with Crippen molar-refractivity contribution in [2.45, 2.75) is 6.18 Å². The first-order chi connectivity index (χ1) is 11.9.